The number of nitrogens with zero attached hydrogens (tertiary/aromatic N) is 1. The second kappa shape index (κ2) is 28.9. The predicted octanol–water partition coefficient (Wildman–Crippen LogP) is 8.87. The van der Waals surface area contributed by atoms with Gasteiger partial charge in [0.15, 0.2) is 0 Å². The van der Waals surface area contributed by atoms with Crippen LogP contribution in [0.4, 0.5) is 0 Å². The quantitative estimate of drug-likeness (QED) is 0.0275. The van der Waals surface area contributed by atoms with Gasteiger partial charge in [0, 0.05) is 13.0 Å². The van der Waals surface area contributed by atoms with Crippen LogP contribution >= 0.6 is 7.82 Å². The number of phosphoric ester groups is 1. The third-order valence-electron chi connectivity index (χ3n) is 6.67. The molecule has 0 aromatic heterocycles. The van der Waals surface area contributed by atoms with E-state index < -0.39 is 19.9 Å². The summed E-state index contributed by atoms with van der Waals surface area (Å²) in [5.41, 5.74) is 0. The maximum atomic E-state index is 12.5. The second-order valence-corrected chi connectivity index (χ2v) is 13.6. The average molecular weight is 643 g/mol. The van der Waals surface area contributed by atoms with Crippen LogP contribution in [0.3, 0.4) is 0 Å². The lowest BCUT2D eigenvalue weighted by Gasteiger charge is -2.24. The van der Waals surface area contributed by atoms with E-state index in [1.165, 1.54) is 44.9 Å². The zero-order valence-corrected chi connectivity index (χ0v) is 29.5. The summed E-state index contributed by atoms with van der Waals surface area (Å²) in [5.74, 6) is -0.397. The molecule has 0 aliphatic carbocycles. The van der Waals surface area contributed by atoms with Crippen LogP contribution in [0.5, 0.6) is 0 Å². The maximum Gasteiger partial charge on any atom is 0.472 e. The van der Waals surface area contributed by atoms with Gasteiger partial charge in [-0.3, -0.25) is 13.8 Å². The zero-order valence-electron chi connectivity index (χ0n) is 28.6. The molecule has 0 heterocycles. The Morgan fingerprint density at radius 3 is 1.84 bits per heavy atom. The van der Waals surface area contributed by atoms with Crippen LogP contribution in [-0.4, -0.2) is 75.6 Å². The van der Waals surface area contributed by atoms with Crippen molar-refractivity contribution in [3.8, 4) is 0 Å². The van der Waals surface area contributed by atoms with Gasteiger partial charge in [-0.25, -0.2) is 4.57 Å². The Bertz CT molecular complexity index is 849. The summed E-state index contributed by atoms with van der Waals surface area (Å²) < 4.78 is 34.6. The molecule has 0 bridgehead atoms. The van der Waals surface area contributed by atoms with Crippen molar-refractivity contribution in [2.75, 3.05) is 54.1 Å². The highest BCUT2D eigenvalue weighted by Gasteiger charge is 2.26. The first kappa shape index (κ1) is 42.5. The summed E-state index contributed by atoms with van der Waals surface area (Å²) in [5, 5.41) is 0. The summed E-state index contributed by atoms with van der Waals surface area (Å²) in [4.78, 5) is 22.6. The number of quaternary nitrogens is 1. The van der Waals surface area contributed by atoms with Gasteiger partial charge in [-0.15, -0.1) is 0 Å². The molecule has 44 heavy (non-hydrogen) atoms. The summed E-state index contributed by atoms with van der Waals surface area (Å²) in [7, 11) is 1.62. The van der Waals surface area contributed by atoms with Gasteiger partial charge in [-0.1, -0.05) is 114 Å². The number of rotatable bonds is 30. The van der Waals surface area contributed by atoms with Crippen molar-refractivity contribution >= 4 is 13.8 Å². The number of phosphoric acid groups is 1. The number of allylic oxidation sites excluding steroid dienone is 8. The van der Waals surface area contributed by atoms with E-state index in [0.29, 0.717) is 24.1 Å². The summed E-state index contributed by atoms with van der Waals surface area (Å²) in [6, 6.07) is 0. The van der Waals surface area contributed by atoms with Crippen molar-refractivity contribution in [3.05, 3.63) is 48.6 Å². The van der Waals surface area contributed by atoms with E-state index >= 15 is 0 Å². The molecule has 256 valence electrons. The van der Waals surface area contributed by atoms with Crippen LogP contribution in [0.2, 0.25) is 0 Å². The molecule has 0 radical (unpaired) electrons. The standard InChI is InChI=1S/C35H64NO7P/c1-6-8-10-12-14-16-17-18-19-20-22-24-26-28-35(37)43-34(33-42-44(38,39)41-31-29-36(3,4)5)32-40-30-27-25-23-21-15-13-11-9-7-2/h8,10,14,16,18-19,22,24,34H,6-7,9,11-13,15,17,20-21,23,25-33H2,1-5H3/p+1/b10-8-,16-14-,19-18-,24-22-. The number of hydrogen-bond donors (Lipinski definition) is 1. The van der Waals surface area contributed by atoms with Gasteiger partial charge in [-0.05, 0) is 38.5 Å². The number of unbranched alkanes of at least 4 members (excludes halogenated alkanes) is 8. The number of hydrogen-bond acceptors (Lipinski definition) is 6. The largest absolute Gasteiger partial charge is 0.472 e. The second-order valence-electron chi connectivity index (χ2n) is 12.2. The van der Waals surface area contributed by atoms with Gasteiger partial charge in [-0.2, -0.15) is 0 Å². The number of esters is 1. The van der Waals surface area contributed by atoms with Crippen molar-refractivity contribution in [3.63, 3.8) is 0 Å². The molecule has 0 fully saturated rings. The third kappa shape index (κ3) is 31.9. The minimum Gasteiger partial charge on any atom is -0.457 e. The maximum absolute atomic E-state index is 12.5. The highest BCUT2D eigenvalue weighted by molar-refractivity contribution is 7.47. The van der Waals surface area contributed by atoms with Crippen LogP contribution in [-0.2, 0) is 27.9 Å². The lowest BCUT2D eigenvalue weighted by atomic mass is 10.1. The SMILES string of the molecule is CC/C=C\C/C=C\C/C=C\C/C=C\CCC(=O)OC(COCCCCCCCCCCC)COP(=O)(O)OCC[N+](C)(C)C. The molecule has 2 atom stereocenters. The molecule has 9 heteroatoms. The number of carbonyl (C=O) groups is 1. The van der Waals surface area contributed by atoms with Crippen molar-refractivity contribution < 1.29 is 37.3 Å². The zero-order chi connectivity index (χ0) is 32.8. The Balaban J connectivity index is 4.50. The van der Waals surface area contributed by atoms with Gasteiger partial charge in [0.25, 0.3) is 0 Å². The fourth-order valence-electron chi connectivity index (χ4n) is 4.03. The number of carbonyl (C=O) groups excluding carboxylic acids is 1. The molecule has 0 rings (SSSR count). The molecule has 0 saturated heterocycles. The van der Waals surface area contributed by atoms with Gasteiger partial charge in [0.2, 0.25) is 0 Å². The molecule has 0 spiro atoms. The first-order valence-electron chi connectivity index (χ1n) is 16.9. The van der Waals surface area contributed by atoms with Gasteiger partial charge in [0.05, 0.1) is 34.4 Å². The normalized spacial score (nSPS) is 14.8. The van der Waals surface area contributed by atoms with Crippen LogP contribution in [0.1, 0.15) is 110 Å². The van der Waals surface area contributed by atoms with Crippen molar-refractivity contribution in [1.29, 1.82) is 0 Å². The molecule has 0 aromatic rings. The van der Waals surface area contributed by atoms with E-state index in [1.807, 2.05) is 33.3 Å². The Morgan fingerprint density at radius 2 is 1.27 bits per heavy atom. The Kier molecular flexibility index (Phi) is 27.9. The third-order valence-corrected chi connectivity index (χ3v) is 7.65. The van der Waals surface area contributed by atoms with E-state index in [0.717, 1.165) is 38.5 Å². The van der Waals surface area contributed by atoms with Crippen molar-refractivity contribution in [2.24, 2.45) is 0 Å². The number of ether oxygens (including phenoxy) is 2. The lowest BCUT2D eigenvalue weighted by molar-refractivity contribution is -0.870. The molecule has 0 aliphatic heterocycles. The molecule has 1 N–H and O–H groups in total. The van der Waals surface area contributed by atoms with Crippen LogP contribution in [0.15, 0.2) is 48.6 Å². The summed E-state index contributed by atoms with van der Waals surface area (Å²) in [6.45, 7) is 5.36. The monoisotopic (exact) mass is 642 g/mol. The smallest absolute Gasteiger partial charge is 0.457 e. The van der Waals surface area contributed by atoms with Gasteiger partial charge in [0.1, 0.15) is 19.3 Å². The van der Waals surface area contributed by atoms with Gasteiger partial charge < -0.3 is 18.9 Å². The first-order chi connectivity index (χ1) is 21.1. The Morgan fingerprint density at radius 1 is 0.727 bits per heavy atom. The Labute approximate surface area is 269 Å². The predicted molar refractivity (Wildman–Crippen MR) is 182 cm³/mol. The summed E-state index contributed by atoms with van der Waals surface area (Å²) >= 11 is 0. The fraction of sp³-hybridized carbons (Fsp3) is 0.743. The molecular formula is C35H65NO7P+. The van der Waals surface area contributed by atoms with Crippen LogP contribution in [0.25, 0.3) is 0 Å². The molecule has 8 nitrogen and oxygen atoms in total. The van der Waals surface area contributed by atoms with Crippen LogP contribution < -0.4 is 0 Å². The number of likely N-dealkylation sites (N-methyl/N-ethyl adjacent to an activating group) is 1. The van der Waals surface area contributed by atoms with Crippen molar-refractivity contribution in [2.45, 2.75) is 116 Å². The van der Waals surface area contributed by atoms with E-state index in [9.17, 15) is 14.3 Å². The van der Waals surface area contributed by atoms with E-state index in [4.69, 9.17) is 18.5 Å². The topological polar surface area (TPSA) is 91.3 Å². The Hall–Kier alpha value is -1.54. The van der Waals surface area contributed by atoms with E-state index in [1.54, 1.807) is 0 Å². The van der Waals surface area contributed by atoms with E-state index in [-0.39, 0.29) is 26.2 Å². The van der Waals surface area contributed by atoms with Crippen LogP contribution in [0, 0.1) is 0 Å². The average Bonchev–Trinajstić information content (AvgIpc) is 2.96. The minimum atomic E-state index is -4.28. The molecule has 0 saturated carbocycles. The highest BCUT2D eigenvalue weighted by Crippen LogP contribution is 2.43. The molecule has 0 amide bonds. The highest BCUT2D eigenvalue weighted by atomic mass is 31.2. The fourth-order valence-corrected chi connectivity index (χ4v) is 4.78. The summed E-state index contributed by atoms with van der Waals surface area (Å²) in [6.07, 6.45) is 31.6. The molecule has 0 aliphatic rings. The molecule has 2 unspecified atom stereocenters. The lowest BCUT2D eigenvalue weighted by Crippen LogP contribution is -2.37. The molecular weight excluding hydrogens is 577 g/mol. The minimum absolute atomic E-state index is 0.0751. The van der Waals surface area contributed by atoms with Crippen molar-refractivity contribution in [1.82, 2.24) is 0 Å². The van der Waals surface area contributed by atoms with Gasteiger partial charge >= 0.3 is 13.8 Å². The van der Waals surface area contributed by atoms with E-state index in [2.05, 4.69) is 50.3 Å². The molecule has 0 aromatic carbocycles. The first-order valence-corrected chi connectivity index (χ1v) is 18.4.